The van der Waals surface area contributed by atoms with E-state index in [0.717, 1.165) is 11.8 Å². The number of carbonyl (C=O) groups is 1. The van der Waals surface area contributed by atoms with Crippen molar-refractivity contribution in [3.05, 3.63) is 58.6 Å². The Balaban J connectivity index is 2.13. The molecule has 0 aliphatic heterocycles. The summed E-state index contributed by atoms with van der Waals surface area (Å²) >= 11 is 6.08. The second-order valence-corrected chi connectivity index (χ2v) is 6.92. The van der Waals surface area contributed by atoms with Crippen molar-refractivity contribution in [2.45, 2.75) is 6.92 Å². The highest BCUT2D eigenvalue weighted by molar-refractivity contribution is 7.89. The van der Waals surface area contributed by atoms with E-state index in [2.05, 4.69) is 0 Å². The summed E-state index contributed by atoms with van der Waals surface area (Å²) in [6, 6.07) is 11.5. The second-order valence-electron chi connectivity index (χ2n) is 4.76. The van der Waals surface area contributed by atoms with Crippen molar-refractivity contribution in [3.63, 3.8) is 0 Å². The fourth-order valence-corrected chi connectivity index (χ4v) is 2.45. The first-order valence-electron chi connectivity index (χ1n) is 6.31. The van der Waals surface area contributed by atoms with Gasteiger partial charge in [0.1, 0.15) is 11.5 Å². The van der Waals surface area contributed by atoms with Crippen LogP contribution < -0.4 is 9.46 Å². The Morgan fingerprint density at radius 2 is 1.77 bits per heavy atom. The van der Waals surface area contributed by atoms with E-state index in [4.69, 9.17) is 16.3 Å². The van der Waals surface area contributed by atoms with Gasteiger partial charge >= 0.3 is 0 Å². The molecule has 116 valence electrons. The van der Waals surface area contributed by atoms with Gasteiger partial charge in [-0.05, 0) is 48.9 Å². The van der Waals surface area contributed by atoms with E-state index in [1.54, 1.807) is 24.3 Å². The van der Waals surface area contributed by atoms with Gasteiger partial charge in [0.15, 0.2) is 0 Å². The molecule has 0 radical (unpaired) electrons. The maximum atomic E-state index is 11.7. The molecule has 0 aliphatic carbocycles. The molecule has 0 atom stereocenters. The van der Waals surface area contributed by atoms with Gasteiger partial charge in [0, 0.05) is 5.56 Å². The van der Waals surface area contributed by atoms with Crippen molar-refractivity contribution in [3.8, 4) is 11.5 Å². The SMILES string of the molecule is Cc1ccc(Oc2ccc(C(=O)NS(C)(=O)=O)cc2)c(Cl)c1. The Bertz CT molecular complexity index is 801. The highest BCUT2D eigenvalue weighted by Gasteiger charge is 2.11. The minimum atomic E-state index is -3.59. The van der Waals surface area contributed by atoms with Crippen LogP contribution in [0.3, 0.4) is 0 Å². The topological polar surface area (TPSA) is 72.5 Å². The van der Waals surface area contributed by atoms with Crippen LogP contribution in [0, 0.1) is 6.92 Å². The van der Waals surface area contributed by atoms with Crippen molar-refractivity contribution in [2.75, 3.05) is 6.26 Å². The molecule has 0 spiro atoms. The summed E-state index contributed by atoms with van der Waals surface area (Å²) in [5, 5.41) is 0.485. The lowest BCUT2D eigenvalue weighted by atomic mass is 10.2. The predicted octanol–water partition coefficient (Wildman–Crippen LogP) is 3.13. The summed E-state index contributed by atoms with van der Waals surface area (Å²) < 4.78 is 29.5. The van der Waals surface area contributed by atoms with Crippen molar-refractivity contribution < 1.29 is 17.9 Å². The number of aryl methyl sites for hydroxylation is 1. The first kappa shape index (κ1) is 16.3. The molecule has 0 aliphatic rings. The van der Waals surface area contributed by atoms with Crippen LogP contribution in [0.4, 0.5) is 0 Å². The molecule has 22 heavy (non-hydrogen) atoms. The van der Waals surface area contributed by atoms with Gasteiger partial charge in [0.25, 0.3) is 5.91 Å². The lowest BCUT2D eigenvalue weighted by Gasteiger charge is -2.09. The van der Waals surface area contributed by atoms with Crippen molar-refractivity contribution in [1.82, 2.24) is 4.72 Å². The molecule has 0 saturated heterocycles. The smallest absolute Gasteiger partial charge is 0.264 e. The maximum Gasteiger partial charge on any atom is 0.264 e. The summed E-state index contributed by atoms with van der Waals surface area (Å²) in [5.74, 6) is 0.296. The third kappa shape index (κ3) is 4.47. The van der Waals surface area contributed by atoms with Crippen LogP contribution in [-0.4, -0.2) is 20.6 Å². The van der Waals surface area contributed by atoms with E-state index >= 15 is 0 Å². The van der Waals surface area contributed by atoms with E-state index < -0.39 is 15.9 Å². The van der Waals surface area contributed by atoms with Gasteiger partial charge in [0.2, 0.25) is 10.0 Å². The lowest BCUT2D eigenvalue weighted by Crippen LogP contribution is -2.29. The van der Waals surface area contributed by atoms with Crippen molar-refractivity contribution >= 4 is 27.5 Å². The lowest BCUT2D eigenvalue weighted by molar-refractivity contribution is 0.0981. The average Bonchev–Trinajstić information content (AvgIpc) is 2.41. The van der Waals surface area contributed by atoms with Gasteiger partial charge < -0.3 is 4.74 Å². The molecule has 2 aromatic carbocycles. The van der Waals surface area contributed by atoms with Crippen LogP contribution in [0.1, 0.15) is 15.9 Å². The molecule has 5 nitrogen and oxygen atoms in total. The van der Waals surface area contributed by atoms with Gasteiger partial charge in [-0.1, -0.05) is 17.7 Å². The van der Waals surface area contributed by atoms with Crippen LogP contribution in [-0.2, 0) is 10.0 Å². The standard InChI is InChI=1S/C15H14ClNO4S/c1-10-3-8-14(13(16)9-10)21-12-6-4-11(5-7-12)15(18)17-22(2,19)20/h3-9H,1-2H3,(H,17,18). The van der Waals surface area contributed by atoms with Crippen LogP contribution in [0.15, 0.2) is 42.5 Å². The molecule has 0 saturated carbocycles. The molecule has 0 bridgehead atoms. The summed E-state index contributed by atoms with van der Waals surface area (Å²) in [6.07, 6.45) is 0.918. The quantitative estimate of drug-likeness (QED) is 0.928. The maximum absolute atomic E-state index is 11.7. The van der Waals surface area contributed by atoms with Gasteiger partial charge in [-0.3, -0.25) is 4.79 Å². The monoisotopic (exact) mass is 339 g/mol. The van der Waals surface area contributed by atoms with Crippen molar-refractivity contribution in [1.29, 1.82) is 0 Å². The van der Waals surface area contributed by atoms with E-state index in [1.165, 1.54) is 12.1 Å². The zero-order valence-electron chi connectivity index (χ0n) is 12.0. The molecule has 0 fully saturated rings. The van der Waals surface area contributed by atoms with E-state index in [0.29, 0.717) is 16.5 Å². The van der Waals surface area contributed by atoms with Gasteiger partial charge in [-0.15, -0.1) is 0 Å². The van der Waals surface area contributed by atoms with Crippen LogP contribution >= 0.6 is 11.6 Å². The largest absolute Gasteiger partial charge is 0.456 e. The summed E-state index contributed by atoms with van der Waals surface area (Å²) in [6.45, 7) is 1.92. The molecule has 1 amide bonds. The Hall–Kier alpha value is -2.05. The molecule has 0 aromatic heterocycles. The molecular weight excluding hydrogens is 326 g/mol. The fraction of sp³-hybridized carbons (Fsp3) is 0.133. The third-order valence-corrected chi connectivity index (χ3v) is 3.56. The Morgan fingerprint density at radius 3 is 2.32 bits per heavy atom. The number of hydrogen-bond donors (Lipinski definition) is 1. The van der Waals surface area contributed by atoms with Crippen LogP contribution in [0.2, 0.25) is 5.02 Å². The third-order valence-electron chi connectivity index (χ3n) is 2.71. The zero-order valence-corrected chi connectivity index (χ0v) is 13.5. The molecular formula is C15H14ClNO4S. The van der Waals surface area contributed by atoms with E-state index in [1.807, 2.05) is 17.7 Å². The number of hydrogen-bond acceptors (Lipinski definition) is 4. The molecule has 7 heteroatoms. The van der Waals surface area contributed by atoms with Crippen LogP contribution in [0.5, 0.6) is 11.5 Å². The average molecular weight is 340 g/mol. The van der Waals surface area contributed by atoms with Gasteiger partial charge in [0.05, 0.1) is 11.3 Å². The first-order chi connectivity index (χ1) is 10.2. The Labute approximate surface area is 133 Å². The highest BCUT2D eigenvalue weighted by atomic mass is 35.5. The first-order valence-corrected chi connectivity index (χ1v) is 8.58. The van der Waals surface area contributed by atoms with Crippen LogP contribution in [0.25, 0.3) is 0 Å². The summed E-state index contributed by atoms with van der Waals surface area (Å²) in [7, 11) is -3.59. The number of benzene rings is 2. The van der Waals surface area contributed by atoms with Gasteiger partial charge in [-0.2, -0.15) is 0 Å². The minimum Gasteiger partial charge on any atom is -0.456 e. The molecule has 2 rings (SSSR count). The number of carbonyl (C=O) groups excluding carboxylic acids is 1. The van der Waals surface area contributed by atoms with E-state index in [-0.39, 0.29) is 5.56 Å². The second kappa shape index (κ2) is 6.37. The highest BCUT2D eigenvalue weighted by Crippen LogP contribution is 2.30. The number of amides is 1. The Morgan fingerprint density at radius 1 is 1.14 bits per heavy atom. The molecule has 1 N–H and O–H groups in total. The van der Waals surface area contributed by atoms with E-state index in [9.17, 15) is 13.2 Å². The minimum absolute atomic E-state index is 0.216. The zero-order chi connectivity index (χ0) is 16.3. The number of nitrogens with one attached hydrogen (secondary N) is 1. The fourth-order valence-electron chi connectivity index (χ4n) is 1.72. The number of rotatable bonds is 4. The summed E-state index contributed by atoms with van der Waals surface area (Å²) in [4.78, 5) is 11.7. The van der Waals surface area contributed by atoms with Crippen molar-refractivity contribution in [2.24, 2.45) is 0 Å². The number of ether oxygens (including phenoxy) is 1. The Kier molecular flexibility index (Phi) is 4.73. The van der Waals surface area contributed by atoms with Gasteiger partial charge in [-0.25, -0.2) is 13.1 Å². The molecule has 0 unspecified atom stereocenters. The number of sulfonamides is 1. The molecule has 2 aromatic rings. The number of halogens is 1. The normalized spacial score (nSPS) is 11.0. The predicted molar refractivity (Wildman–Crippen MR) is 85.0 cm³/mol. The molecule has 0 heterocycles. The summed E-state index contributed by atoms with van der Waals surface area (Å²) in [5.41, 5.74) is 1.23.